The van der Waals surface area contributed by atoms with Crippen LogP contribution in [0.4, 0.5) is 5.69 Å². The Labute approximate surface area is 139 Å². The maximum Gasteiger partial charge on any atom is 0.272 e. The van der Waals surface area contributed by atoms with Crippen LogP contribution in [0.1, 0.15) is 21.5 Å². The molecule has 0 fully saturated rings. The van der Waals surface area contributed by atoms with E-state index in [0.29, 0.717) is 15.6 Å². The number of nitro groups is 1. The number of phenolic OH excluding ortho intramolecular Hbond substituents is 1. The number of nitrogens with zero attached hydrogens (tertiary/aromatic N) is 2. The van der Waals surface area contributed by atoms with Crippen molar-refractivity contribution in [2.45, 2.75) is 6.92 Å². The number of nitrogens with one attached hydrogen (secondary N) is 1. The second-order valence-electron chi connectivity index (χ2n) is 4.64. The van der Waals surface area contributed by atoms with Gasteiger partial charge < -0.3 is 5.11 Å². The summed E-state index contributed by atoms with van der Waals surface area (Å²) in [5.74, 6) is -0.579. The fourth-order valence-corrected chi connectivity index (χ4v) is 2.32. The zero-order valence-electron chi connectivity index (χ0n) is 12.0. The van der Waals surface area contributed by atoms with E-state index >= 15 is 0 Å². The minimum absolute atomic E-state index is 0.130. The Morgan fingerprint density at radius 3 is 2.74 bits per heavy atom. The first-order valence-electron chi connectivity index (χ1n) is 6.46. The summed E-state index contributed by atoms with van der Waals surface area (Å²) in [6.07, 6.45) is 1.16. The van der Waals surface area contributed by atoms with Gasteiger partial charge in [-0.2, -0.15) is 5.10 Å². The van der Waals surface area contributed by atoms with Gasteiger partial charge in [0.15, 0.2) is 0 Å². The first-order chi connectivity index (χ1) is 10.9. The molecule has 2 aromatic rings. The van der Waals surface area contributed by atoms with Crippen LogP contribution in [-0.2, 0) is 0 Å². The average Bonchev–Trinajstić information content (AvgIpc) is 2.51. The van der Waals surface area contributed by atoms with Crippen LogP contribution in [0.15, 0.2) is 46.0 Å². The molecule has 8 heteroatoms. The summed E-state index contributed by atoms with van der Waals surface area (Å²) in [7, 11) is 0. The molecule has 0 bridgehead atoms. The second-order valence-corrected chi connectivity index (χ2v) is 5.49. The molecule has 0 heterocycles. The lowest BCUT2D eigenvalue weighted by Crippen LogP contribution is -2.18. The molecule has 7 nitrogen and oxygen atoms in total. The lowest BCUT2D eigenvalue weighted by molar-refractivity contribution is -0.384. The van der Waals surface area contributed by atoms with Gasteiger partial charge in [-0.15, -0.1) is 0 Å². The van der Waals surface area contributed by atoms with E-state index in [9.17, 15) is 20.0 Å². The maximum atomic E-state index is 12.0. The van der Waals surface area contributed by atoms with Crippen molar-refractivity contribution < 1.29 is 14.8 Å². The molecule has 23 heavy (non-hydrogen) atoms. The molecule has 0 aliphatic carbocycles. The van der Waals surface area contributed by atoms with E-state index in [1.807, 2.05) is 0 Å². The average molecular weight is 378 g/mol. The van der Waals surface area contributed by atoms with Gasteiger partial charge in [-0.05, 0) is 40.5 Å². The predicted octanol–water partition coefficient (Wildman–Crippen LogP) is 3.14. The molecule has 0 aliphatic rings. The Hall–Kier alpha value is -2.74. The van der Waals surface area contributed by atoms with E-state index in [2.05, 4.69) is 26.5 Å². The summed E-state index contributed by atoms with van der Waals surface area (Å²) in [6, 6.07) is 9.24. The number of aromatic hydroxyl groups is 1. The van der Waals surface area contributed by atoms with Crippen molar-refractivity contribution >= 4 is 33.7 Å². The zero-order chi connectivity index (χ0) is 17.0. The number of nitro benzene ring substituents is 1. The van der Waals surface area contributed by atoms with Gasteiger partial charge in [-0.3, -0.25) is 14.9 Å². The number of hydrazone groups is 1. The molecule has 0 unspecified atom stereocenters. The van der Waals surface area contributed by atoms with Gasteiger partial charge in [0.2, 0.25) is 0 Å². The van der Waals surface area contributed by atoms with E-state index in [1.165, 1.54) is 12.1 Å². The number of carbonyl (C=O) groups is 1. The van der Waals surface area contributed by atoms with Crippen molar-refractivity contribution in [3.63, 3.8) is 0 Å². The van der Waals surface area contributed by atoms with Crippen LogP contribution < -0.4 is 5.43 Å². The fourth-order valence-electron chi connectivity index (χ4n) is 1.86. The van der Waals surface area contributed by atoms with Crippen LogP contribution in [-0.4, -0.2) is 22.2 Å². The Kier molecular flexibility index (Phi) is 5.07. The lowest BCUT2D eigenvalue weighted by Gasteiger charge is -2.04. The highest BCUT2D eigenvalue weighted by Gasteiger charge is 2.13. The van der Waals surface area contributed by atoms with Crippen molar-refractivity contribution in [2.24, 2.45) is 5.10 Å². The monoisotopic (exact) mass is 377 g/mol. The normalized spacial score (nSPS) is 10.7. The predicted molar refractivity (Wildman–Crippen MR) is 88.7 cm³/mol. The standard InChI is InChI=1S/C15H12BrN3O4/c1-9-6-11(19(22)23)7-10(14(9)20)8-17-18-15(21)12-4-2-3-5-13(12)16/h2-8,20H,1H3,(H,18,21)/b17-8+. The Morgan fingerprint density at radius 1 is 1.39 bits per heavy atom. The molecule has 2 N–H and O–H groups in total. The van der Waals surface area contributed by atoms with E-state index in [-0.39, 0.29) is 17.0 Å². The van der Waals surface area contributed by atoms with Crippen LogP contribution in [0.3, 0.4) is 0 Å². The van der Waals surface area contributed by atoms with Gasteiger partial charge in [0.25, 0.3) is 11.6 Å². The molecule has 1 amide bonds. The first-order valence-corrected chi connectivity index (χ1v) is 7.25. The highest BCUT2D eigenvalue weighted by Crippen LogP contribution is 2.26. The van der Waals surface area contributed by atoms with Crippen molar-refractivity contribution in [3.05, 3.63) is 67.7 Å². The Morgan fingerprint density at radius 2 is 2.09 bits per heavy atom. The van der Waals surface area contributed by atoms with Crippen molar-refractivity contribution in [1.29, 1.82) is 0 Å². The number of benzene rings is 2. The third kappa shape index (κ3) is 3.92. The van der Waals surface area contributed by atoms with Crippen LogP contribution in [0, 0.1) is 17.0 Å². The third-order valence-electron chi connectivity index (χ3n) is 3.01. The lowest BCUT2D eigenvalue weighted by atomic mass is 10.1. The highest BCUT2D eigenvalue weighted by molar-refractivity contribution is 9.10. The van der Waals surface area contributed by atoms with Gasteiger partial charge >= 0.3 is 0 Å². The first kappa shape index (κ1) is 16.6. The topological polar surface area (TPSA) is 105 Å². The Bertz CT molecular complexity index is 805. The minimum atomic E-state index is -0.566. The number of amides is 1. The van der Waals surface area contributed by atoms with Crippen LogP contribution in [0.25, 0.3) is 0 Å². The second kappa shape index (κ2) is 7.01. The largest absolute Gasteiger partial charge is 0.507 e. The molecular formula is C15H12BrN3O4. The summed E-state index contributed by atoms with van der Waals surface area (Å²) >= 11 is 3.25. The van der Waals surface area contributed by atoms with Crippen molar-refractivity contribution in [3.8, 4) is 5.75 Å². The van der Waals surface area contributed by atoms with Crippen molar-refractivity contribution in [1.82, 2.24) is 5.43 Å². The van der Waals surface area contributed by atoms with E-state index in [0.717, 1.165) is 6.21 Å². The number of phenols is 1. The summed E-state index contributed by atoms with van der Waals surface area (Å²) in [5.41, 5.74) is 3.02. The third-order valence-corrected chi connectivity index (χ3v) is 3.71. The fraction of sp³-hybridized carbons (Fsp3) is 0.0667. The number of non-ortho nitro benzene ring substituents is 1. The van der Waals surface area contributed by atoms with Gasteiger partial charge in [0.1, 0.15) is 5.75 Å². The summed E-state index contributed by atoms with van der Waals surface area (Å²) in [4.78, 5) is 22.2. The summed E-state index contributed by atoms with van der Waals surface area (Å²) < 4.78 is 0.613. The number of rotatable bonds is 4. The van der Waals surface area contributed by atoms with Gasteiger partial charge in [-0.25, -0.2) is 5.43 Å². The van der Waals surface area contributed by atoms with Gasteiger partial charge in [-0.1, -0.05) is 12.1 Å². The molecule has 0 atom stereocenters. The number of hydrogen-bond acceptors (Lipinski definition) is 5. The SMILES string of the molecule is Cc1cc([N+](=O)[O-])cc(/C=N/NC(=O)c2ccccc2Br)c1O. The molecule has 2 aromatic carbocycles. The molecule has 0 spiro atoms. The van der Waals surface area contributed by atoms with E-state index < -0.39 is 10.8 Å². The van der Waals surface area contributed by atoms with Gasteiger partial charge in [0, 0.05) is 22.2 Å². The molecule has 0 radical (unpaired) electrons. The van der Waals surface area contributed by atoms with Crippen molar-refractivity contribution in [2.75, 3.05) is 0 Å². The number of halogens is 1. The molecule has 0 saturated carbocycles. The van der Waals surface area contributed by atoms with E-state index in [1.54, 1.807) is 31.2 Å². The molecule has 0 aliphatic heterocycles. The smallest absolute Gasteiger partial charge is 0.272 e. The van der Waals surface area contributed by atoms with Crippen LogP contribution in [0.2, 0.25) is 0 Å². The molecular weight excluding hydrogens is 366 g/mol. The minimum Gasteiger partial charge on any atom is -0.507 e. The number of carbonyl (C=O) groups excluding carboxylic acids is 1. The molecule has 118 valence electrons. The Balaban J connectivity index is 2.19. The van der Waals surface area contributed by atoms with Crippen LogP contribution >= 0.6 is 15.9 Å². The van der Waals surface area contributed by atoms with Gasteiger partial charge in [0.05, 0.1) is 16.7 Å². The number of aryl methyl sites for hydroxylation is 1. The van der Waals surface area contributed by atoms with Crippen LogP contribution in [0.5, 0.6) is 5.75 Å². The quantitative estimate of drug-likeness (QED) is 0.484. The van der Waals surface area contributed by atoms with E-state index in [4.69, 9.17) is 0 Å². The summed E-state index contributed by atoms with van der Waals surface area (Å²) in [6.45, 7) is 1.54. The maximum absolute atomic E-state index is 12.0. The zero-order valence-corrected chi connectivity index (χ0v) is 13.6. The summed E-state index contributed by atoms with van der Waals surface area (Å²) in [5, 5.41) is 24.5. The molecule has 2 rings (SSSR count). The highest BCUT2D eigenvalue weighted by atomic mass is 79.9. The molecule has 0 saturated heterocycles. The number of hydrogen-bond donors (Lipinski definition) is 2. The molecule has 0 aromatic heterocycles.